The highest BCUT2D eigenvalue weighted by molar-refractivity contribution is 6.02. The van der Waals surface area contributed by atoms with Crippen LogP contribution in [0.5, 0.6) is 0 Å². The third kappa shape index (κ3) is 3.10. The Hall–Kier alpha value is -3.03. The van der Waals surface area contributed by atoms with Gasteiger partial charge in [-0.2, -0.15) is 0 Å². The molecule has 0 unspecified atom stereocenters. The number of pyridine rings is 1. The summed E-state index contributed by atoms with van der Waals surface area (Å²) in [6.07, 6.45) is 3.62. The van der Waals surface area contributed by atoms with Crippen LogP contribution in [0.2, 0.25) is 0 Å². The minimum Gasteiger partial charge on any atom is -0.355 e. The monoisotopic (exact) mass is 354 g/mol. The summed E-state index contributed by atoms with van der Waals surface area (Å²) in [5, 5.41) is 7.23. The molecule has 1 aliphatic heterocycles. The van der Waals surface area contributed by atoms with E-state index in [2.05, 4.69) is 39.1 Å². The molecule has 26 heavy (non-hydrogen) atoms. The molecular weight excluding hydrogens is 335 g/mol. The number of carbonyl (C=O) groups is 1. The predicted octanol–water partition coefficient (Wildman–Crippen LogP) is 2.75. The number of fused-ring (bicyclic) bond motifs is 1. The van der Waals surface area contributed by atoms with E-state index in [-0.39, 0.29) is 11.2 Å². The summed E-state index contributed by atoms with van der Waals surface area (Å²) in [6, 6.07) is 6.41. The largest absolute Gasteiger partial charge is 0.355 e. The Balaban J connectivity index is 1.62. The van der Waals surface area contributed by atoms with E-state index in [4.69, 9.17) is 0 Å². The zero-order valence-electron chi connectivity index (χ0n) is 14.6. The number of amides is 1. The summed E-state index contributed by atoms with van der Waals surface area (Å²) in [5.41, 5.74) is 1.14. The average Bonchev–Trinajstić information content (AvgIpc) is 3.19. The summed E-state index contributed by atoms with van der Waals surface area (Å²) in [7, 11) is 0. The van der Waals surface area contributed by atoms with E-state index in [1.165, 1.54) is 22.8 Å². The Morgan fingerprint density at radius 1 is 1.19 bits per heavy atom. The van der Waals surface area contributed by atoms with Gasteiger partial charge in [-0.15, -0.1) is 5.10 Å². The second kappa shape index (κ2) is 6.05. The fourth-order valence-corrected chi connectivity index (χ4v) is 3.13. The van der Waals surface area contributed by atoms with Crippen LogP contribution in [0.15, 0.2) is 36.7 Å². The SMILES string of the molecule is CC1(C)CCN(c2ccc3ncc(C(=O)Nc4ccc(F)cn4)n3n2)C1. The van der Waals surface area contributed by atoms with Gasteiger partial charge in [0.1, 0.15) is 17.5 Å². The molecule has 3 aromatic rings. The first kappa shape index (κ1) is 16.4. The van der Waals surface area contributed by atoms with Crippen molar-refractivity contribution in [3.8, 4) is 0 Å². The molecule has 0 spiro atoms. The predicted molar refractivity (Wildman–Crippen MR) is 95.7 cm³/mol. The molecule has 0 radical (unpaired) electrons. The Morgan fingerprint density at radius 2 is 2.04 bits per heavy atom. The lowest BCUT2D eigenvalue weighted by Gasteiger charge is -2.20. The lowest BCUT2D eigenvalue weighted by Crippen LogP contribution is -2.24. The molecule has 1 saturated heterocycles. The van der Waals surface area contributed by atoms with Crippen LogP contribution < -0.4 is 10.2 Å². The van der Waals surface area contributed by atoms with Gasteiger partial charge in [-0.25, -0.2) is 18.9 Å². The molecule has 0 aliphatic carbocycles. The Morgan fingerprint density at radius 3 is 2.73 bits per heavy atom. The van der Waals surface area contributed by atoms with E-state index in [0.29, 0.717) is 11.3 Å². The Kier molecular flexibility index (Phi) is 3.82. The van der Waals surface area contributed by atoms with E-state index >= 15 is 0 Å². The van der Waals surface area contributed by atoms with Gasteiger partial charge in [0.15, 0.2) is 11.3 Å². The fraction of sp³-hybridized carbons (Fsp3) is 0.333. The topological polar surface area (TPSA) is 75.4 Å². The number of carbonyl (C=O) groups excluding carboxylic acids is 1. The van der Waals surface area contributed by atoms with Crippen LogP contribution in [0.1, 0.15) is 30.8 Å². The first-order valence-corrected chi connectivity index (χ1v) is 8.44. The molecule has 0 bridgehead atoms. The summed E-state index contributed by atoms with van der Waals surface area (Å²) >= 11 is 0. The minimum atomic E-state index is -0.461. The molecule has 0 atom stereocenters. The van der Waals surface area contributed by atoms with Gasteiger partial charge in [0.2, 0.25) is 0 Å². The smallest absolute Gasteiger partial charge is 0.277 e. The normalized spacial score (nSPS) is 16.2. The third-order valence-electron chi connectivity index (χ3n) is 4.55. The number of aromatic nitrogens is 4. The van der Waals surface area contributed by atoms with Crippen LogP contribution in [0.4, 0.5) is 16.0 Å². The molecule has 1 amide bonds. The maximum absolute atomic E-state index is 12.9. The lowest BCUT2D eigenvalue weighted by molar-refractivity contribution is 0.102. The molecule has 0 saturated carbocycles. The van der Waals surface area contributed by atoms with Gasteiger partial charge in [-0.1, -0.05) is 13.8 Å². The summed E-state index contributed by atoms with van der Waals surface area (Å²) in [4.78, 5) is 22.8. The minimum absolute atomic E-state index is 0.250. The van der Waals surface area contributed by atoms with Gasteiger partial charge in [0, 0.05) is 13.1 Å². The van der Waals surface area contributed by atoms with Crippen LogP contribution in [0.3, 0.4) is 0 Å². The molecule has 3 aromatic heterocycles. The first-order valence-electron chi connectivity index (χ1n) is 8.44. The highest BCUT2D eigenvalue weighted by Gasteiger charge is 2.30. The highest BCUT2D eigenvalue weighted by Crippen LogP contribution is 2.31. The van der Waals surface area contributed by atoms with Crippen LogP contribution in [-0.4, -0.2) is 38.6 Å². The number of anilines is 2. The summed E-state index contributed by atoms with van der Waals surface area (Å²) in [6.45, 7) is 6.32. The first-order chi connectivity index (χ1) is 12.4. The van der Waals surface area contributed by atoms with Crippen molar-refractivity contribution in [1.29, 1.82) is 0 Å². The summed E-state index contributed by atoms with van der Waals surface area (Å²) < 4.78 is 14.5. The zero-order chi connectivity index (χ0) is 18.3. The maximum Gasteiger partial charge on any atom is 0.277 e. The summed E-state index contributed by atoms with van der Waals surface area (Å²) in [5.74, 6) is 0.222. The van der Waals surface area contributed by atoms with Gasteiger partial charge in [-0.3, -0.25) is 4.79 Å². The van der Waals surface area contributed by atoms with Crippen molar-refractivity contribution in [2.45, 2.75) is 20.3 Å². The van der Waals surface area contributed by atoms with E-state index in [1.54, 1.807) is 0 Å². The van der Waals surface area contributed by atoms with Gasteiger partial charge in [0.05, 0.1) is 12.4 Å². The van der Waals surface area contributed by atoms with Crippen LogP contribution in [0, 0.1) is 11.2 Å². The maximum atomic E-state index is 12.9. The molecule has 134 valence electrons. The van der Waals surface area contributed by atoms with Crippen LogP contribution >= 0.6 is 0 Å². The number of rotatable bonds is 3. The molecule has 1 N–H and O–H groups in total. The molecule has 1 aliphatic rings. The second-order valence-corrected chi connectivity index (χ2v) is 7.26. The Labute approximate surface area is 149 Å². The molecule has 7 nitrogen and oxygen atoms in total. The highest BCUT2D eigenvalue weighted by atomic mass is 19.1. The van der Waals surface area contributed by atoms with E-state index in [0.717, 1.165) is 31.5 Å². The van der Waals surface area contributed by atoms with Gasteiger partial charge in [0.25, 0.3) is 5.91 Å². The van der Waals surface area contributed by atoms with Gasteiger partial charge in [-0.05, 0) is 36.1 Å². The van der Waals surface area contributed by atoms with Crippen LogP contribution in [-0.2, 0) is 0 Å². The molecular formula is C18H19FN6O. The molecule has 8 heteroatoms. The van der Waals surface area contributed by atoms with Crippen molar-refractivity contribution in [3.63, 3.8) is 0 Å². The van der Waals surface area contributed by atoms with Crippen molar-refractivity contribution in [3.05, 3.63) is 48.2 Å². The quantitative estimate of drug-likeness (QED) is 0.783. The molecule has 0 aromatic carbocycles. The number of hydrogen-bond acceptors (Lipinski definition) is 5. The average molecular weight is 354 g/mol. The van der Waals surface area contributed by atoms with Gasteiger partial charge < -0.3 is 10.2 Å². The van der Waals surface area contributed by atoms with E-state index in [1.807, 2.05) is 12.1 Å². The van der Waals surface area contributed by atoms with Gasteiger partial charge >= 0.3 is 0 Å². The zero-order valence-corrected chi connectivity index (χ0v) is 14.6. The number of imidazole rings is 1. The Bertz CT molecular complexity index is 965. The lowest BCUT2D eigenvalue weighted by atomic mass is 9.93. The molecule has 4 rings (SSSR count). The molecule has 1 fully saturated rings. The van der Waals surface area contributed by atoms with Crippen molar-refractivity contribution >= 4 is 23.2 Å². The second-order valence-electron chi connectivity index (χ2n) is 7.26. The van der Waals surface area contributed by atoms with Crippen molar-refractivity contribution in [1.82, 2.24) is 19.6 Å². The van der Waals surface area contributed by atoms with Crippen molar-refractivity contribution in [2.75, 3.05) is 23.3 Å². The van der Waals surface area contributed by atoms with Crippen molar-refractivity contribution in [2.24, 2.45) is 5.41 Å². The number of nitrogens with one attached hydrogen (secondary N) is 1. The van der Waals surface area contributed by atoms with E-state index < -0.39 is 11.7 Å². The van der Waals surface area contributed by atoms with Crippen molar-refractivity contribution < 1.29 is 9.18 Å². The van der Waals surface area contributed by atoms with E-state index in [9.17, 15) is 9.18 Å². The van der Waals surface area contributed by atoms with Crippen LogP contribution in [0.25, 0.3) is 5.65 Å². The number of hydrogen-bond donors (Lipinski definition) is 1. The molecule has 4 heterocycles. The number of halogens is 1. The third-order valence-corrected chi connectivity index (χ3v) is 4.55. The standard InChI is InChI=1S/C18H19FN6O/c1-18(2)7-8-24(11-18)16-6-5-15-21-10-13(25(15)23-16)17(26)22-14-4-3-12(19)9-20-14/h3-6,9-10H,7-8,11H2,1-2H3,(H,20,22,26). The fourth-order valence-electron chi connectivity index (χ4n) is 3.13. The number of nitrogens with zero attached hydrogens (tertiary/aromatic N) is 5.